The fourth-order valence-electron chi connectivity index (χ4n) is 1.28. The summed E-state index contributed by atoms with van der Waals surface area (Å²) >= 11 is 4.09. The van der Waals surface area contributed by atoms with Gasteiger partial charge in [0.15, 0.2) is 5.54 Å². The first-order valence-corrected chi connectivity index (χ1v) is 6.02. The Bertz CT molecular complexity index is 496. The van der Waals surface area contributed by atoms with Gasteiger partial charge in [0, 0.05) is 0 Å². The first-order valence-electron chi connectivity index (χ1n) is 3.97. The molecule has 2 aliphatic rings. The maximum atomic E-state index is 10.9. The van der Waals surface area contributed by atoms with E-state index in [1.54, 1.807) is 0 Å². The highest BCUT2D eigenvalue weighted by molar-refractivity contribution is 7.86. The summed E-state index contributed by atoms with van der Waals surface area (Å²) in [4.78, 5) is 2.24. The standard InChI is InChI=1S/C5H6N6O3S2/c12-16(13,14)2-4(1-7-11-9-4)5(15)6-3-8-10-5/h1,3,15H,2H2,(H,12,13,14). The van der Waals surface area contributed by atoms with Gasteiger partial charge in [-0.3, -0.25) is 4.55 Å². The topological polar surface area (TPSA) is 129 Å². The van der Waals surface area contributed by atoms with Crippen LogP contribution >= 0.6 is 12.6 Å². The Morgan fingerprint density at radius 3 is 2.56 bits per heavy atom. The van der Waals surface area contributed by atoms with Crippen molar-refractivity contribution in [3.8, 4) is 0 Å². The molecular weight excluding hydrogens is 256 g/mol. The molecule has 16 heavy (non-hydrogen) atoms. The average Bonchev–Trinajstić information content (AvgIpc) is 2.73. The summed E-state index contributed by atoms with van der Waals surface area (Å²) in [5.74, 6) is -0.771. The Hall–Kier alpha value is -1.20. The van der Waals surface area contributed by atoms with Crippen molar-refractivity contribution in [2.24, 2.45) is 30.7 Å². The molecule has 0 aromatic heterocycles. The molecule has 86 valence electrons. The third kappa shape index (κ3) is 1.76. The smallest absolute Gasteiger partial charge is 0.267 e. The maximum absolute atomic E-state index is 10.9. The van der Waals surface area contributed by atoms with Crippen LogP contribution in [0, 0.1) is 0 Å². The molecule has 2 atom stereocenters. The summed E-state index contributed by atoms with van der Waals surface area (Å²) in [7, 11) is -4.31. The molecule has 9 nitrogen and oxygen atoms in total. The Balaban J connectivity index is 2.46. The summed E-state index contributed by atoms with van der Waals surface area (Å²) in [5.41, 5.74) is -1.57. The molecule has 2 heterocycles. The highest BCUT2D eigenvalue weighted by atomic mass is 32.2. The van der Waals surface area contributed by atoms with Gasteiger partial charge in [-0.25, -0.2) is 4.99 Å². The predicted octanol–water partition coefficient (Wildman–Crippen LogP) is 0.142. The lowest BCUT2D eigenvalue weighted by Gasteiger charge is -2.29. The van der Waals surface area contributed by atoms with Gasteiger partial charge in [0.25, 0.3) is 10.1 Å². The number of hydrogen-bond acceptors (Lipinski definition) is 9. The van der Waals surface area contributed by atoms with Gasteiger partial charge in [-0.15, -0.1) is 33.1 Å². The van der Waals surface area contributed by atoms with E-state index in [1.807, 2.05) is 0 Å². The first-order chi connectivity index (χ1) is 7.37. The quantitative estimate of drug-likeness (QED) is 0.554. The van der Waals surface area contributed by atoms with E-state index < -0.39 is 26.4 Å². The Morgan fingerprint density at radius 1 is 1.38 bits per heavy atom. The summed E-state index contributed by atoms with van der Waals surface area (Å²) < 4.78 is 30.7. The zero-order valence-electron chi connectivity index (χ0n) is 7.66. The van der Waals surface area contributed by atoms with Crippen molar-refractivity contribution in [3.63, 3.8) is 0 Å². The Labute approximate surface area is 95.6 Å². The van der Waals surface area contributed by atoms with Gasteiger partial charge >= 0.3 is 0 Å². The van der Waals surface area contributed by atoms with Crippen LogP contribution in [0.2, 0.25) is 0 Å². The molecule has 2 unspecified atom stereocenters. The molecule has 0 aromatic carbocycles. The van der Waals surface area contributed by atoms with Crippen molar-refractivity contribution in [2.75, 3.05) is 5.75 Å². The van der Waals surface area contributed by atoms with Crippen LogP contribution in [-0.2, 0) is 10.1 Å². The lowest BCUT2D eigenvalue weighted by molar-refractivity contribution is 0.429. The van der Waals surface area contributed by atoms with Crippen LogP contribution in [0.4, 0.5) is 0 Å². The second-order valence-corrected chi connectivity index (χ2v) is 5.26. The lowest BCUT2D eigenvalue weighted by Crippen LogP contribution is -2.51. The van der Waals surface area contributed by atoms with Gasteiger partial charge in [0.1, 0.15) is 12.1 Å². The van der Waals surface area contributed by atoms with E-state index in [1.165, 1.54) is 0 Å². The fraction of sp³-hybridized carbons (Fsp3) is 0.600. The maximum Gasteiger partial charge on any atom is 0.267 e. The van der Waals surface area contributed by atoms with E-state index in [0.717, 1.165) is 12.6 Å². The molecule has 1 N–H and O–H groups in total. The zero-order chi connectivity index (χ0) is 11.9. The molecule has 0 fully saturated rings. The number of rotatable bonds is 3. The molecule has 2 rings (SSSR count). The van der Waals surface area contributed by atoms with Gasteiger partial charge in [-0.2, -0.15) is 8.42 Å². The van der Waals surface area contributed by atoms with E-state index in [4.69, 9.17) is 4.55 Å². The van der Waals surface area contributed by atoms with Crippen LogP contribution in [0.15, 0.2) is 30.7 Å². The van der Waals surface area contributed by atoms with Crippen molar-refractivity contribution < 1.29 is 13.0 Å². The zero-order valence-corrected chi connectivity index (χ0v) is 9.38. The van der Waals surface area contributed by atoms with Crippen LogP contribution in [-0.4, -0.2) is 41.8 Å². The average molecular weight is 262 g/mol. The molecule has 0 aliphatic carbocycles. The molecule has 2 aliphatic heterocycles. The van der Waals surface area contributed by atoms with E-state index in [2.05, 4.69) is 43.3 Å². The minimum atomic E-state index is -4.31. The van der Waals surface area contributed by atoms with Gasteiger partial charge in [0.2, 0.25) is 4.99 Å². The molecule has 0 amide bonds. The Kier molecular flexibility index (Phi) is 2.40. The molecular formula is C5H6N6O3S2. The van der Waals surface area contributed by atoms with E-state index in [9.17, 15) is 8.42 Å². The third-order valence-electron chi connectivity index (χ3n) is 2.02. The molecule has 11 heteroatoms. The van der Waals surface area contributed by atoms with E-state index in [0.29, 0.717) is 0 Å². The monoisotopic (exact) mass is 262 g/mol. The summed E-state index contributed by atoms with van der Waals surface area (Å²) in [6.07, 6.45) is 2.23. The number of hydrogen-bond donors (Lipinski definition) is 2. The van der Waals surface area contributed by atoms with Crippen LogP contribution < -0.4 is 0 Å². The third-order valence-corrected chi connectivity index (χ3v) is 3.41. The minimum Gasteiger partial charge on any atom is -0.285 e. The van der Waals surface area contributed by atoms with Crippen LogP contribution in [0.1, 0.15) is 0 Å². The first kappa shape index (κ1) is 11.3. The van der Waals surface area contributed by atoms with Crippen LogP contribution in [0.5, 0.6) is 0 Å². The van der Waals surface area contributed by atoms with Crippen molar-refractivity contribution in [1.82, 2.24) is 0 Å². The lowest BCUT2D eigenvalue weighted by atomic mass is 10.0. The second kappa shape index (κ2) is 3.40. The summed E-state index contributed by atoms with van der Waals surface area (Å²) in [5, 5.41) is 17.5. The molecule has 0 aromatic rings. The van der Waals surface area contributed by atoms with E-state index >= 15 is 0 Å². The van der Waals surface area contributed by atoms with Gasteiger partial charge < -0.3 is 0 Å². The summed E-state index contributed by atoms with van der Waals surface area (Å²) in [6, 6.07) is 0. The SMILES string of the molecule is O=S(=O)(O)CC1(C2(S)N=CN=N2)C=NN=N1. The number of aliphatic imine (C=N–C) groups is 1. The van der Waals surface area contributed by atoms with Crippen LogP contribution in [0.25, 0.3) is 0 Å². The van der Waals surface area contributed by atoms with Crippen molar-refractivity contribution in [3.05, 3.63) is 0 Å². The van der Waals surface area contributed by atoms with Gasteiger partial charge in [0.05, 0.1) is 6.21 Å². The number of thiol groups is 1. The molecule has 0 saturated carbocycles. The van der Waals surface area contributed by atoms with Crippen molar-refractivity contribution in [2.45, 2.75) is 10.5 Å². The largest absolute Gasteiger partial charge is 0.285 e. The minimum absolute atomic E-state index is 0.771. The van der Waals surface area contributed by atoms with Gasteiger partial charge in [-0.05, 0) is 5.22 Å². The molecule has 0 spiro atoms. The summed E-state index contributed by atoms with van der Waals surface area (Å²) in [6.45, 7) is 0. The van der Waals surface area contributed by atoms with Crippen LogP contribution in [0.3, 0.4) is 0 Å². The number of nitrogens with zero attached hydrogens (tertiary/aromatic N) is 6. The predicted molar refractivity (Wildman–Crippen MR) is 57.6 cm³/mol. The number of azo groups is 1. The highest BCUT2D eigenvalue weighted by Gasteiger charge is 2.55. The van der Waals surface area contributed by atoms with Crippen molar-refractivity contribution >= 4 is 35.3 Å². The molecule has 0 radical (unpaired) electrons. The fourth-order valence-corrected chi connectivity index (χ4v) is 2.57. The normalized spacial score (nSPS) is 36.4. The van der Waals surface area contributed by atoms with Crippen molar-refractivity contribution in [1.29, 1.82) is 0 Å². The second-order valence-electron chi connectivity index (χ2n) is 3.18. The van der Waals surface area contributed by atoms with E-state index in [-0.39, 0.29) is 0 Å². The molecule has 0 saturated heterocycles. The highest BCUT2D eigenvalue weighted by Crippen LogP contribution is 2.39. The molecule has 0 bridgehead atoms. The Morgan fingerprint density at radius 2 is 2.12 bits per heavy atom. The van der Waals surface area contributed by atoms with Gasteiger partial charge in [-0.1, -0.05) is 0 Å².